The van der Waals surface area contributed by atoms with Crippen molar-refractivity contribution in [3.63, 3.8) is 0 Å². The van der Waals surface area contributed by atoms with E-state index in [2.05, 4.69) is 50.6 Å². The van der Waals surface area contributed by atoms with Crippen LogP contribution in [0.4, 0.5) is 5.82 Å². The van der Waals surface area contributed by atoms with Gasteiger partial charge >= 0.3 is 16.2 Å². The molecule has 0 radical (unpaired) electrons. The number of para-hydroxylation sites is 2. The van der Waals surface area contributed by atoms with Gasteiger partial charge in [0.2, 0.25) is 11.6 Å². The molecule has 1 N–H and O–H groups in total. The van der Waals surface area contributed by atoms with E-state index in [4.69, 9.17) is 18.9 Å². The molecule has 0 bridgehead atoms. The highest BCUT2D eigenvalue weighted by atomic mass is 79.9. The molecule has 16 heteroatoms. The van der Waals surface area contributed by atoms with E-state index in [1.807, 2.05) is 0 Å². The molecule has 14 nitrogen and oxygen atoms in total. The van der Waals surface area contributed by atoms with Crippen molar-refractivity contribution in [2.24, 2.45) is 0 Å². The van der Waals surface area contributed by atoms with Crippen molar-refractivity contribution >= 4 is 32.0 Å². The third kappa shape index (κ3) is 7.14. The number of nitrogens with zero attached hydrogens (tertiary/aromatic N) is 7. The second-order valence-electron chi connectivity index (χ2n) is 8.59. The van der Waals surface area contributed by atoms with Gasteiger partial charge in [-0.3, -0.25) is 4.72 Å². The zero-order chi connectivity index (χ0) is 28.8. The maximum atomic E-state index is 13.3. The van der Waals surface area contributed by atoms with Gasteiger partial charge in [-0.15, -0.1) is 0 Å². The molecule has 3 aromatic heterocycles. The summed E-state index contributed by atoms with van der Waals surface area (Å²) in [7, 11) is -1.03. The van der Waals surface area contributed by atoms with Crippen molar-refractivity contribution in [2.45, 2.75) is 18.9 Å². The molecule has 1 aliphatic carbocycles. The van der Waals surface area contributed by atoms with Crippen molar-refractivity contribution in [3.8, 4) is 40.8 Å². The minimum absolute atomic E-state index is 0.0110. The number of ether oxygens (including phenoxy) is 4. The van der Waals surface area contributed by atoms with Crippen LogP contribution in [-0.2, 0) is 10.2 Å². The third-order valence-corrected chi connectivity index (χ3v) is 7.61. The molecule has 3 heterocycles. The molecule has 214 valence electrons. The second-order valence-corrected chi connectivity index (χ2v) is 11.2. The van der Waals surface area contributed by atoms with Crippen LogP contribution in [0, 0.1) is 0 Å². The first-order chi connectivity index (χ1) is 19.8. The number of nitrogens with one attached hydrogen (secondary N) is 1. The minimum atomic E-state index is -4.02. The fourth-order valence-corrected chi connectivity index (χ4v) is 4.83. The molecule has 0 amide bonds. The molecular formula is C25H25BrN8O6S. The number of hydrogen-bond donors (Lipinski definition) is 1. The summed E-state index contributed by atoms with van der Waals surface area (Å²) in [5, 5.41) is 0. The Balaban J connectivity index is 1.52. The van der Waals surface area contributed by atoms with Crippen LogP contribution in [-0.4, -0.2) is 76.0 Å². The number of aromatic nitrogens is 6. The summed E-state index contributed by atoms with van der Waals surface area (Å²) in [4.78, 5) is 25.4. The lowest BCUT2D eigenvalue weighted by molar-refractivity contribution is 0.197. The van der Waals surface area contributed by atoms with Gasteiger partial charge in [0.15, 0.2) is 23.1 Å². The van der Waals surface area contributed by atoms with E-state index in [0.717, 1.165) is 12.8 Å². The zero-order valence-corrected chi connectivity index (χ0v) is 24.4. The van der Waals surface area contributed by atoms with Gasteiger partial charge in [0, 0.05) is 37.9 Å². The lowest BCUT2D eigenvalue weighted by Gasteiger charge is -2.21. The molecule has 1 aliphatic rings. The largest absolute Gasteiger partial charge is 0.493 e. The fraction of sp³-hybridized carbons (Fsp3) is 0.280. The van der Waals surface area contributed by atoms with Crippen LogP contribution in [0.25, 0.3) is 11.6 Å². The molecule has 0 atom stereocenters. The van der Waals surface area contributed by atoms with E-state index in [-0.39, 0.29) is 60.1 Å². The van der Waals surface area contributed by atoms with Crippen molar-refractivity contribution in [1.29, 1.82) is 0 Å². The Hall–Kier alpha value is -4.15. The van der Waals surface area contributed by atoms with Crippen molar-refractivity contribution in [2.75, 3.05) is 32.1 Å². The van der Waals surface area contributed by atoms with E-state index in [1.165, 1.54) is 30.9 Å². The Kier molecular flexibility index (Phi) is 8.70. The van der Waals surface area contributed by atoms with Crippen LogP contribution < -0.4 is 23.7 Å². The molecule has 1 aromatic carbocycles. The normalized spacial score (nSPS) is 13.1. The van der Waals surface area contributed by atoms with Crippen molar-refractivity contribution in [3.05, 3.63) is 59.6 Å². The van der Waals surface area contributed by atoms with Gasteiger partial charge in [-0.25, -0.2) is 24.9 Å². The van der Waals surface area contributed by atoms with Crippen LogP contribution in [0.5, 0.6) is 29.1 Å². The summed E-state index contributed by atoms with van der Waals surface area (Å²) in [5.74, 6) is 0.486. The van der Waals surface area contributed by atoms with Gasteiger partial charge < -0.3 is 18.9 Å². The Morgan fingerprint density at radius 2 is 1.63 bits per heavy atom. The van der Waals surface area contributed by atoms with E-state index in [1.54, 1.807) is 42.7 Å². The van der Waals surface area contributed by atoms with Crippen LogP contribution in [0.1, 0.15) is 12.8 Å². The van der Waals surface area contributed by atoms with E-state index in [9.17, 15) is 8.42 Å². The Labute approximate surface area is 244 Å². The quantitative estimate of drug-likeness (QED) is 0.211. The molecule has 4 aromatic rings. The van der Waals surface area contributed by atoms with Gasteiger partial charge in [0.1, 0.15) is 13.2 Å². The zero-order valence-electron chi connectivity index (χ0n) is 22.0. The third-order valence-electron chi connectivity index (χ3n) is 5.70. The average Bonchev–Trinajstić information content (AvgIpc) is 3.83. The lowest BCUT2D eigenvalue weighted by atomic mass is 10.3. The predicted molar refractivity (Wildman–Crippen MR) is 150 cm³/mol. The van der Waals surface area contributed by atoms with Gasteiger partial charge in [0.25, 0.3) is 5.88 Å². The average molecular weight is 645 g/mol. The molecule has 1 fully saturated rings. The molecule has 1 saturated carbocycles. The van der Waals surface area contributed by atoms with E-state index in [0.29, 0.717) is 10.2 Å². The van der Waals surface area contributed by atoms with Gasteiger partial charge in [-0.1, -0.05) is 12.1 Å². The number of rotatable bonds is 13. The van der Waals surface area contributed by atoms with Gasteiger partial charge in [0.05, 0.1) is 11.6 Å². The highest BCUT2D eigenvalue weighted by Gasteiger charge is 2.35. The number of hydrogen-bond acceptors (Lipinski definition) is 12. The summed E-state index contributed by atoms with van der Waals surface area (Å²) in [6, 6.07) is 8.54. The number of halogens is 1. The fourth-order valence-electron chi connectivity index (χ4n) is 3.49. The van der Waals surface area contributed by atoms with Crippen LogP contribution >= 0.6 is 15.9 Å². The molecule has 41 heavy (non-hydrogen) atoms. The molecular weight excluding hydrogens is 620 g/mol. The molecule has 0 saturated heterocycles. The number of methoxy groups -OCH3 is 1. The predicted octanol–water partition coefficient (Wildman–Crippen LogP) is 3.50. The standard InChI is InChI=1S/C25H25BrN8O6S/c1-34(17-8-9-17)41(35,36)33-21-20(40-19-7-4-3-6-18(19)37-2)24(32-23(31-21)22-27-10-5-11-28-22)38-12-13-39-25-29-14-16(26)15-30-25/h3-7,10-11,14-15,17H,8-9,12-13H2,1-2H3,(H,31,32,33). The van der Waals surface area contributed by atoms with Crippen molar-refractivity contribution in [1.82, 2.24) is 34.2 Å². The van der Waals surface area contributed by atoms with Crippen LogP contribution in [0.15, 0.2) is 59.6 Å². The summed E-state index contributed by atoms with van der Waals surface area (Å²) in [5.41, 5.74) is 0. The summed E-state index contributed by atoms with van der Waals surface area (Å²) < 4.78 is 54.1. The van der Waals surface area contributed by atoms with Crippen molar-refractivity contribution < 1.29 is 27.4 Å². The SMILES string of the molecule is COc1ccccc1Oc1c(NS(=O)(=O)N(C)C2CC2)nc(-c2ncccn2)nc1OCCOc1ncc(Br)cn1. The smallest absolute Gasteiger partial charge is 0.316 e. The lowest BCUT2D eigenvalue weighted by Crippen LogP contribution is -2.34. The summed E-state index contributed by atoms with van der Waals surface area (Å²) in [6.07, 6.45) is 7.67. The first-order valence-electron chi connectivity index (χ1n) is 12.3. The van der Waals surface area contributed by atoms with Crippen LogP contribution in [0.2, 0.25) is 0 Å². The molecule has 5 rings (SSSR count). The maximum Gasteiger partial charge on any atom is 0.316 e. The van der Waals surface area contributed by atoms with Gasteiger partial charge in [-0.05, 0) is 47.0 Å². The number of anilines is 1. The highest BCUT2D eigenvalue weighted by molar-refractivity contribution is 9.10. The van der Waals surface area contributed by atoms with Crippen LogP contribution in [0.3, 0.4) is 0 Å². The Morgan fingerprint density at radius 1 is 0.951 bits per heavy atom. The molecule has 0 spiro atoms. The summed E-state index contributed by atoms with van der Waals surface area (Å²) >= 11 is 3.27. The number of benzene rings is 1. The Bertz CT molecular complexity index is 1590. The van der Waals surface area contributed by atoms with E-state index < -0.39 is 10.2 Å². The second kappa shape index (κ2) is 12.6. The molecule has 0 aliphatic heterocycles. The first-order valence-corrected chi connectivity index (χ1v) is 14.6. The summed E-state index contributed by atoms with van der Waals surface area (Å²) in [6.45, 7) is 0.0182. The van der Waals surface area contributed by atoms with Gasteiger partial charge in [-0.2, -0.15) is 17.7 Å². The minimum Gasteiger partial charge on any atom is -0.493 e. The Morgan fingerprint density at radius 3 is 2.32 bits per heavy atom. The highest BCUT2D eigenvalue weighted by Crippen LogP contribution is 2.41. The maximum absolute atomic E-state index is 13.3. The van der Waals surface area contributed by atoms with E-state index >= 15 is 0 Å². The topological polar surface area (TPSA) is 164 Å². The first kappa shape index (κ1) is 28.4. The molecule has 0 unspecified atom stereocenters. The monoisotopic (exact) mass is 644 g/mol.